The largest absolute Gasteiger partial charge is 1.00 e. The average molecular weight is 578 g/mol. The number of thioether (sulfide) groups is 1. The molecule has 4 atom stereocenters. The molecule has 0 unspecified atom stereocenters. The van der Waals surface area contributed by atoms with Crippen molar-refractivity contribution < 1.29 is 84.5 Å². The van der Waals surface area contributed by atoms with Crippen molar-refractivity contribution in [3.05, 3.63) is 41.1 Å². The van der Waals surface area contributed by atoms with Gasteiger partial charge < -0.3 is 43.0 Å². The fourth-order valence-electron chi connectivity index (χ4n) is 3.51. The van der Waals surface area contributed by atoms with Gasteiger partial charge in [0.15, 0.2) is 6.10 Å². The van der Waals surface area contributed by atoms with Crippen LogP contribution < -0.4 is 51.7 Å². The Labute approximate surface area is 247 Å². The van der Waals surface area contributed by atoms with Gasteiger partial charge in [0, 0.05) is 17.0 Å². The van der Waals surface area contributed by atoms with Crippen LogP contribution in [0.4, 0.5) is 15.3 Å². The summed E-state index contributed by atoms with van der Waals surface area (Å²) < 4.78 is 9.34. The molecule has 2 heterocycles. The molecule has 0 saturated carbocycles. The molecular weight excluding hydrogens is 553 g/mol. The van der Waals surface area contributed by atoms with Crippen LogP contribution in [0.25, 0.3) is 0 Å². The van der Waals surface area contributed by atoms with Crippen LogP contribution in [-0.2, 0) is 28.7 Å². The Kier molecular flexibility index (Phi) is 11.1. The molecule has 0 bridgehead atoms. The number of anilines is 1. The predicted molar refractivity (Wildman–Crippen MR) is 128 cm³/mol. The van der Waals surface area contributed by atoms with Gasteiger partial charge >= 0.3 is 53.7 Å². The third-order valence-electron chi connectivity index (χ3n) is 5.34. The summed E-state index contributed by atoms with van der Waals surface area (Å²) in [7, 11) is 0. The number of nitrogens with zero attached hydrogens (tertiary/aromatic N) is 1. The number of benzene rings is 1. The van der Waals surface area contributed by atoms with Crippen molar-refractivity contribution in [2.75, 3.05) is 24.3 Å². The van der Waals surface area contributed by atoms with Crippen LogP contribution in [-0.4, -0.2) is 92.6 Å². The number of fused-ring (bicyclic) bond motifs is 1. The van der Waals surface area contributed by atoms with Gasteiger partial charge in [-0.25, -0.2) is 14.4 Å². The molecule has 0 aliphatic carbocycles. The van der Waals surface area contributed by atoms with Crippen molar-refractivity contribution in [3.63, 3.8) is 0 Å². The number of aliphatic hydroxyl groups excluding tert-OH is 1. The zero-order chi connectivity index (χ0) is 28.1. The van der Waals surface area contributed by atoms with Gasteiger partial charge in [0.25, 0.3) is 11.8 Å². The second-order valence-corrected chi connectivity index (χ2v) is 9.06. The fraction of sp³-hybridized carbons (Fsp3) is 0.333. The third-order valence-corrected chi connectivity index (χ3v) is 6.68. The van der Waals surface area contributed by atoms with Gasteiger partial charge in [0.1, 0.15) is 36.4 Å². The molecule has 9 N–H and O–H groups in total. The van der Waals surface area contributed by atoms with Gasteiger partial charge in [-0.2, -0.15) is 0 Å². The maximum absolute atomic E-state index is 12.7. The van der Waals surface area contributed by atoms with Crippen molar-refractivity contribution in [2.24, 2.45) is 11.5 Å². The molecule has 0 spiro atoms. The number of rotatable bonds is 10. The molecule has 3 rings (SSSR count). The Balaban J connectivity index is 0.00000400. The predicted octanol–water partition coefficient (Wildman–Crippen LogP) is -4.37. The molecule has 2 aliphatic heterocycles. The van der Waals surface area contributed by atoms with Crippen molar-refractivity contribution in [3.8, 4) is 0 Å². The number of aliphatic hydroxyl groups is 1. The quantitative estimate of drug-likeness (QED) is 0.103. The summed E-state index contributed by atoms with van der Waals surface area (Å²) in [5.74, 6) is -4.40. The van der Waals surface area contributed by atoms with Crippen molar-refractivity contribution in [1.82, 2.24) is 10.2 Å². The number of carboxylic acid groups (broad SMARTS) is 2. The van der Waals surface area contributed by atoms with Crippen LogP contribution >= 0.6 is 11.8 Å². The molecule has 18 heteroatoms. The number of carbonyl (C=O) groups excluding carboxylic acids is 4. The second-order valence-electron chi connectivity index (χ2n) is 7.96. The summed E-state index contributed by atoms with van der Waals surface area (Å²) in [4.78, 5) is 71.5. The summed E-state index contributed by atoms with van der Waals surface area (Å²) in [6.07, 6.45) is -3.89. The monoisotopic (exact) mass is 577 g/mol. The first-order valence-electron chi connectivity index (χ1n) is 10.7. The van der Waals surface area contributed by atoms with Gasteiger partial charge in [0.2, 0.25) is 0 Å². The number of ether oxygens (including phenoxy) is 2. The minimum Gasteiger partial charge on any atom is -1.00 e. The summed E-state index contributed by atoms with van der Waals surface area (Å²) in [5.41, 5.74) is 10.1. The topological polar surface area (TPSA) is 261 Å². The maximum Gasteiger partial charge on any atom is 1.00 e. The minimum atomic E-state index is -1.77. The van der Waals surface area contributed by atoms with Crippen LogP contribution in [0, 0.1) is 0 Å². The SMILES string of the molecule is NC(=O)OCC1=C(C(=O)O)N2C(=O)[C@@H](NC(=O)[C@H](O)c3cccc(NC(=O)OC[C@@H](N)C(=O)O)c3)[C@H]2SC1.[H-].[Na+]. The maximum atomic E-state index is 12.7. The molecule has 1 saturated heterocycles. The van der Waals surface area contributed by atoms with E-state index in [4.69, 9.17) is 21.3 Å². The van der Waals surface area contributed by atoms with E-state index >= 15 is 0 Å². The Morgan fingerprint density at radius 2 is 1.90 bits per heavy atom. The van der Waals surface area contributed by atoms with E-state index in [-0.39, 0.29) is 59.3 Å². The smallest absolute Gasteiger partial charge is 1.00 e. The van der Waals surface area contributed by atoms with Crippen molar-refractivity contribution in [2.45, 2.75) is 23.6 Å². The Morgan fingerprint density at radius 1 is 1.21 bits per heavy atom. The first-order valence-corrected chi connectivity index (χ1v) is 11.8. The summed E-state index contributed by atoms with van der Waals surface area (Å²) >= 11 is 1.12. The number of nitrogens with two attached hydrogens (primary N) is 2. The number of hydrogen-bond donors (Lipinski definition) is 7. The number of aliphatic carboxylic acids is 2. The van der Waals surface area contributed by atoms with Crippen LogP contribution in [0.15, 0.2) is 35.5 Å². The van der Waals surface area contributed by atoms with E-state index in [9.17, 15) is 39.0 Å². The first-order chi connectivity index (χ1) is 17.9. The number of primary amides is 1. The second kappa shape index (κ2) is 13.6. The van der Waals surface area contributed by atoms with E-state index in [1.165, 1.54) is 24.3 Å². The van der Waals surface area contributed by atoms with E-state index in [0.717, 1.165) is 16.7 Å². The van der Waals surface area contributed by atoms with E-state index < -0.39 is 72.7 Å². The zero-order valence-corrected chi connectivity index (χ0v) is 23.2. The normalized spacial score (nSPS) is 19.3. The van der Waals surface area contributed by atoms with Gasteiger partial charge in [-0.3, -0.25) is 24.6 Å². The standard InChI is InChI=1S/C21H23N5O11S.Na.H/c22-11(18(30)31)6-37-21(35)24-10-3-1-2-8(4-10)14(27)15(28)25-12-16(29)26-13(19(32)33)9(5-36-20(23)34)7-38-17(12)26;;/h1-4,11-12,14,17,27H,5-7,22H2,(H2,23,34)(H,24,35)(H,25,28)(H,30,31)(H,32,33);;/q;+1;-1/t11-,12-,14-,17-;;/m1../s1. The zero-order valence-electron chi connectivity index (χ0n) is 21.4. The summed E-state index contributed by atoms with van der Waals surface area (Å²) in [5, 5.41) is 32.7. The number of carbonyl (C=O) groups is 6. The molecule has 2 aliphatic rings. The van der Waals surface area contributed by atoms with Gasteiger partial charge in [-0.1, -0.05) is 12.1 Å². The van der Waals surface area contributed by atoms with Gasteiger partial charge in [0.05, 0.1) is 0 Å². The molecular formula is C21H24N5NaO11S. The van der Waals surface area contributed by atoms with Crippen LogP contribution in [0.2, 0.25) is 0 Å². The van der Waals surface area contributed by atoms with Crippen molar-refractivity contribution >= 4 is 53.4 Å². The number of carboxylic acids is 2. The number of β-lactam (4-membered cyclic amide) rings is 1. The van der Waals surface area contributed by atoms with E-state index in [1.54, 1.807) is 0 Å². The molecule has 1 fully saturated rings. The van der Waals surface area contributed by atoms with Crippen LogP contribution in [0.5, 0.6) is 0 Å². The van der Waals surface area contributed by atoms with E-state index in [0.29, 0.717) is 0 Å². The van der Waals surface area contributed by atoms with Gasteiger partial charge in [-0.15, -0.1) is 11.8 Å². The molecule has 4 amide bonds. The summed E-state index contributed by atoms with van der Waals surface area (Å²) in [6, 6.07) is 2.91. The molecule has 1 aromatic rings. The Hall–Kier alpha value is -3.35. The fourth-order valence-corrected chi connectivity index (χ4v) is 4.84. The Morgan fingerprint density at radius 3 is 2.51 bits per heavy atom. The average Bonchev–Trinajstić information content (AvgIpc) is 2.87. The third kappa shape index (κ3) is 7.61. The molecule has 0 radical (unpaired) electrons. The first kappa shape index (κ1) is 31.9. The van der Waals surface area contributed by atoms with Crippen molar-refractivity contribution in [1.29, 1.82) is 0 Å². The van der Waals surface area contributed by atoms with Crippen LogP contribution in [0.3, 0.4) is 0 Å². The number of hydrogen-bond acceptors (Lipinski definition) is 11. The van der Waals surface area contributed by atoms with E-state index in [1.807, 2.05) is 0 Å². The molecule has 206 valence electrons. The van der Waals surface area contributed by atoms with Crippen LogP contribution in [0.1, 0.15) is 13.1 Å². The molecule has 0 aromatic heterocycles. The molecule has 1 aromatic carbocycles. The number of nitrogens with one attached hydrogen (secondary N) is 2. The summed E-state index contributed by atoms with van der Waals surface area (Å²) in [6.45, 7) is -1.00. The number of amides is 4. The van der Waals surface area contributed by atoms with Gasteiger partial charge in [-0.05, 0) is 17.7 Å². The minimum absolute atomic E-state index is 0. The Bertz CT molecular complexity index is 1220. The molecule has 39 heavy (non-hydrogen) atoms. The molecule has 16 nitrogen and oxygen atoms in total. The van der Waals surface area contributed by atoms with E-state index in [2.05, 4.69) is 15.4 Å².